The van der Waals surface area contributed by atoms with Crippen molar-refractivity contribution < 1.29 is 15.0 Å². The molecule has 1 aromatic carbocycles. The molecule has 0 radical (unpaired) electrons. The van der Waals surface area contributed by atoms with Crippen molar-refractivity contribution in [3.8, 4) is 0 Å². The summed E-state index contributed by atoms with van der Waals surface area (Å²) in [7, 11) is 0. The van der Waals surface area contributed by atoms with Gasteiger partial charge in [0.2, 0.25) is 0 Å². The van der Waals surface area contributed by atoms with E-state index in [0.29, 0.717) is 19.2 Å². The van der Waals surface area contributed by atoms with E-state index < -0.39 is 12.1 Å². The first kappa shape index (κ1) is 13.5. The molecular formula is C12H8BrClO3S. The highest BCUT2D eigenvalue weighted by atomic mass is 79.9. The van der Waals surface area contributed by atoms with Crippen molar-refractivity contribution >= 4 is 44.8 Å². The Labute approximate surface area is 121 Å². The highest BCUT2D eigenvalue weighted by Crippen LogP contribution is 2.38. The Kier molecular flexibility index (Phi) is 4.07. The number of aliphatic hydroxyl groups is 1. The van der Waals surface area contributed by atoms with E-state index in [9.17, 15) is 9.90 Å². The summed E-state index contributed by atoms with van der Waals surface area (Å²) in [5, 5.41) is 19.8. The summed E-state index contributed by atoms with van der Waals surface area (Å²) < 4.78 is 0.714. The molecule has 0 spiro atoms. The maximum atomic E-state index is 11.1. The molecule has 0 aliphatic heterocycles. The van der Waals surface area contributed by atoms with Crippen molar-refractivity contribution in [1.29, 1.82) is 0 Å². The van der Waals surface area contributed by atoms with Gasteiger partial charge in [-0.15, -0.1) is 11.3 Å². The van der Waals surface area contributed by atoms with Gasteiger partial charge in [0.15, 0.2) is 0 Å². The Bertz CT molecular complexity index is 577. The molecule has 6 heteroatoms. The second-order valence-electron chi connectivity index (χ2n) is 3.57. The Morgan fingerprint density at radius 1 is 1.39 bits per heavy atom. The van der Waals surface area contributed by atoms with Gasteiger partial charge in [-0.2, -0.15) is 0 Å². The van der Waals surface area contributed by atoms with Crippen LogP contribution in [0.2, 0.25) is 5.02 Å². The maximum Gasteiger partial charge on any atom is 0.336 e. The maximum absolute atomic E-state index is 11.1. The Balaban J connectivity index is 2.45. The number of carbonyl (C=O) groups is 1. The van der Waals surface area contributed by atoms with E-state index in [0.717, 1.165) is 0 Å². The summed E-state index contributed by atoms with van der Waals surface area (Å²) >= 11 is 10.4. The minimum absolute atomic E-state index is 0.0886. The van der Waals surface area contributed by atoms with Crippen LogP contribution in [0.4, 0.5) is 0 Å². The number of benzene rings is 1. The molecule has 1 heterocycles. The molecule has 0 aliphatic carbocycles. The van der Waals surface area contributed by atoms with Gasteiger partial charge in [-0.25, -0.2) is 4.79 Å². The standard InChI is InChI=1S/C12H8BrClO3S/c13-11-8(14)5-9(18-11)10(15)6-3-1-2-4-7(6)12(16)17/h1-5,10,15H,(H,16,17). The molecule has 1 unspecified atom stereocenters. The number of halogens is 2. The van der Waals surface area contributed by atoms with Crippen LogP contribution < -0.4 is 0 Å². The van der Waals surface area contributed by atoms with Gasteiger partial charge >= 0.3 is 5.97 Å². The van der Waals surface area contributed by atoms with Gasteiger partial charge in [-0.1, -0.05) is 29.8 Å². The van der Waals surface area contributed by atoms with Crippen molar-refractivity contribution in [1.82, 2.24) is 0 Å². The summed E-state index contributed by atoms with van der Waals surface area (Å²) in [5.74, 6) is -1.06. The highest BCUT2D eigenvalue weighted by Gasteiger charge is 2.20. The SMILES string of the molecule is O=C(O)c1ccccc1C(O)c1cc(Cl)c(Br)s1. The second kappa shape index (κ2) is 5.40. The lowest BCUT2D eigenvalue weighted by Gasteiger charge is -2.11. The lowest BCUT2D eigenvalue weighted by Crippen LogP contribution is -2.06. The molecule has 1 atom stereocenters. The number of carboxylic acid groups (broad SMARTS) is 1. The zero-order chi connectivity index (χ0) is 13.3. The van der Waals surface area contributed by atoms with Crippen LogP contribution in [0, 0.1) is 0 Å². The second-order valence-corrected chi connectivity index (χ2v) is 6.37. The van der Waals surface area contributed by atoms with E-state index in [1.807, 2.05) is 0 Å². The van der Waals surface area contributed by atoms with Gasteiger partial charge in [0, 0.05) is 10.4 Å². The minimum Gasteiger partial charge on any atom is -0.478 e. The molecule has 94 valence electrons. The molecule has 0 amide bonds. The van der Waals surface area contributed by atoms with Gasteiger partial charge in [0.05, 0.1) is 14.4 Å². The molecule has 2 rings (SSSR count). The predicted molar refractivity (Wildman–Crippen MR) is 74.5 cm³/mol. The molecule has 1 aromatic heterocycles. The molecular weight excluding hydrogens is 340 g/mol. The van der Waals surface area contributed by atoms with E-state index in [4.69, 9.17) is 16.7 Å². The fraction of sp³-hybridized carbons (Fsp3) is 0.0833. The van der Waals surface area contributed by atoms with Crippen LogP contribution in [-0.2, 0) is 0 Å². The molecule has 0 saturated heterocycles. The van der Waals surface area contributed by atoms with E-state index in [1.165, 1.54) is 17.4 Å². The summed E-state index contributed by atoms with van der Waals surface area (Å²) in [5.41, 5.74) is 0.445. The fourth-order valence-corrected chi connectivity index (χ4v) is 3.33. The van der Waals surface area contributed by atoms with Crippen LogP contribution in [-0.4, -0.2) is 16.2 Å². The van der Waals surface area contributed by atoms with Gasteiger partial charge < -0.3 is 10.2 Å². The molecule has 0 bridgehead atoms. The smallest absolute Gasteiger partial charge is 0.336 e. The van der Waals surface area contributed by atoms with Crippen molar-refractivity contribution in [2.24, 2.45) is 0 Å². The van der Waals surface area contributed by atoms with Crippen LogP contribution >= 0.6 is 38.9 Å². The monoisotopic (exact) mass is 346 g/mol. The number of hydrogen-bond donors (Lipinski definition) is 2. The van der Waals surface area contributed by atoms with E-state index in [2.05, 4.69) is 15.9 Å². The fourth-order valence-electron chi connectivity index (χ4n) is 1.58. The molecule has 0 aliphatic rings. The van der Waals surface area contributed by atoms with Gasteiger partial charge in [0.25, 0.3) is 0 Å². The van der Waals surface area contributed by atoms with Gasteiger partial charge in [0.1, 0.15) is 6.10 Å². The van der Waals surface area contributed by atoms with Crippen molar-refractivity contribution in [3.63, 3.8) is 0 Å². The average Bonchev–Trinajstić information content (AvgIpc) is 2.68. The van der Waals surface area contributed by atoms with E-state index in [-0.39, 0.29) is 5.56 Å². The molecule has 2 N–H and O–H groups in total. The van der Waals surface area contributed by atoms with Crippen molar-refractivity contribution in [2.75, 3.05) is 0 Å². The van der Waals surface area contributed by atoms with E-state index in [1.54, 1.807) is 24.3 Å². The normalized spacial score (nSPS) is 12.4. The number of aliphatic hydroxyl groups excluding tert-OH is 1. The van der Waals surface area contributed by atoms with Crippen molar-refractivity contribution in [2.45, 2.75) is 6.10 Å². The van der Waals surface area contributed by atoms with Crippen LogP contribution in [0.25, 0.3) is 0 Å². The number of aromatic carboxylic acids is 1. The Morgan fingerprint density at radius 3 is 2.61 bits per heavy atom. The third kappa shape index (κ3) is 2.59. The minimum atomic E-state index is -1.06. The first-order valence-corrected chi connectivity index (χ1v) is 6.94. The Morgan fingerprint density at radius 2 is 2.06 bits per heavy atom. The summed E-state index contributed by atoms with van der Waals surface area (Å²) in [6, 6.07) is 7.99. The highest BCUT2D eigenvalue weighted by molar-refractivity contribution is 9.11. The number of carboxylic acids is 1. The van der Waals surface area contributed by atoms with Crippen LogP contribution in [0.15, 0.2) is 34.1 Å². The van der Waals surface area contributed by atoms with Crippen LogP contribution in [0.1, 0.15) is 26.9 Å². The van der Waals surface area contributed by atoms with Crippen molar-refractivity contribution in [3.05, 3.63) is 55.1 Å². The lowest BCUT2D eigenvalue weighted by molar-refractivity contribution is 0.0691. The van der Waals surface area contributed by atoms with Gasteiger partial charge in [-0.3, -0.25) is 0 Å². The first-order chi connectivity index (χ1) is 8.50. The largest absolute Gasteiger partial charge is 0.478 e. The Hall–Kier alpha value is -0.880. The molecule has 0 saturated carbocycles. The summed E-state index contributed by atoms with van der Waals surface area (Å²) in [6.45, 7) is 0. The van der Waals surface area contributed by atoms with Crippen LogP contribution in [0.5, 0.6) is 0 Å². The topological polar surface area (TPSA) is 57.5 Å². The molecule has 0 fully saturated rings. The first-order valence-electron chi connectivity index (χ1n) is 4.95. The van der Waals surface area contributed by atoms with E-state index >= 15 is 0 Å². The summed E-state index contributed by atoms with van der Waals surface area (Å²) in [6.07, 6.45) is -0.994. The molecule has 2 aromatic rings. The zero-order valence-electron chi connectivity index (χ0n) is 8.93. The quantitative estimate of drug-likeness (QED) is 0.884. The van der Waals surface area contributed by atoms with Crippen LogP contribution in [0.3, 0.4) is 0 Å². The number of hydrogen-bond acceptors (Lipinski definition) is 3. The molecule has 3 nitrogen and oxygen atoms in total. The third-order valence-corrected chi connectivity index (χ3v) is 4.95. The zero-order valence-corrected chi connectivity index (χ0v) is 12.1. The number of thiophene rings is 1. The number of rotatable bonds is 3. The molecule has 18 heavy (non-hydrogen) atoms. The summed E-state index contributed by atoms with van der Waals surface area (Å²) in [4.78, 5) is 11.7. The van der Waals surface area contributed by atoms with Gasteiger partial charge in [-0.05, 0) is 28.1 Å². The third-order valence-electron chi connectivity index (χ3n) is 2.42. The predicted octanol–water partition coefficient (Wildman–Crippen LogP) is 3.94. The average molecular weight is 348 g/mol. The lowest BCUT2D eigenvalue weighted by atomic mass is 10.0.